The van der Waals surface area contributed by atoms with Gasteiger partial charge < -0.3 is 10.1 Å². The monoisotopic (exact) mass is 213 g/mol. The quantitative estimate of drug-likeness (QED) is 0.669. The highest BCUT2D eigenvalue weighted by Crippen LogP contribution is 2.24. The van der Waals surface area contributed by atoms with Crippen LogP contribution in [0.3, 0.4) is 0 Å². The molecule has 0 saturated heterocycles. The highest BCUT2D eigenvalue weighted by molar-refractivity contribution is 4.88. The van der Waals surface area contributed by atoms with Crippen molar-refractivity contribution in [2.75, 3.05) is 6.61 Å². The lowest BCUT2D eigenvalue weighted by Crippen LogP contribution is -2.49. The fourth-order valence-corrected chi connectivity index (χ4v) is 2.26. The summed E-state index contributed by atoms with van der Waals surface area (Å²) >= 11 is 0. The Bertz CT molecular complexity index is 155. The second-order valence-corrected chi connectivity index (χ2v) is 4.66. The molecule has 0 amide bonds. The average molecular weight is 213 g/mol. The summed E-state index contributed by atoms with van der Waals surface area (Å²) in [7, 11) is 0. The van der Waals surface area contributed by atoms with Gasteiger partial charge in [0.2, 0.25) is 0 Å². The molecule has 0 spiro atoms. The van der Waals surface area contributed by atoms with Gasteiger partial charge in [0.05, 0.1) is 6.10 Å². The van der Waals surface area contributed by atoms with Crippen LogP contribution in [-0.4, -0.2) is 24.8 Å². The zero-order chi connectivity index (χ0) is 11.1. The summed E-state index contributed by atoms with van der Waals surface area (Å²) in [5, 5.41) is 3.75. The molecule has 1 aliphatic rings. The van der Waals surface area contributed by atoms with Crippen LogP contribution in [0, 0.1) is 0 Å². The molecule has 2 nitrogen and oxygen atoms in total. The Labute approximate surface area is 94.8 Å². The molecule has 1 saturated carbocycles. The third-order valence-electron chi connectivity index (χ3n) is 3.37. The van der Waals surface area contributed by atoms with Crippen molar-refractivity contribution in [3.05, 3.63) is 0 Å². The minimum atomic E-state index is 0.538. The van der Waals surface area contributed by atoms with Crippen LogP contribution in [0.5, 0.6) is 0 Å². The number of rotatable bonds is 8. The lowest BCUT2D eigenvalue weighted by atomic mass is 9.88. The summed E-state index contributed by atoms with van der Waals surface area (Å²) in [6, 6.07) is 1.46. The van der Waals surface area contributed by atoms with Crippen molar-refractivity contribution in [1.82, 2.24) is 5.32 Å². The van der Waals surface area contributed by atoms with E-state index in [1.54, 1.807) is 0 Å². The Balaban J connectivity index is 2.07. The lowest BCUT2D eigenvalue weighted by molar-refractivity contribution is -0.0127. The van der Waals surface area contributed by atoms with Crippen LogP contribution in [0.4, 0.5) is 0 Å². The van der Waals surface area contributed by atoms with Crippen LogP contribution in [0.1, 0.15) is 59.3 Å². The van der Waals surface area contributed by atoms with Crippen molar-refractivity contribution in [2.24, 2.45) is 0 Å². The molecule has 0 aromatic carbocycles. The molecule has 0 bridgehead atoms. The summed E-state index contributed by atoms with van der Waals surface area (Å²) in [5.74, 6) is 0. The van der Waals surface area contributed by atoms with E-state index < -0.39 is 0 Å². The molecule has 0 aliphatic heterocycles. The molecule has 1 unspecified atom stereocenters. The van der Waals surface area contributed by atoms with Gasteiger partial charge in [-0.2, -0.15) is 0 Å². The Morgan fingerprint density at radius 1 is 1.27 bits per heavy atom. The predicted octanol–water partition coefficient (Wildman–Crippen LogP) is 3.11. The summed E-state index contributed by atoms with van der Waals surface area (Å²) in [5.41, 5.74) is 0. The van der Waals surface area contributed by atoms with Crippen molar-refractivity contribution < 1.29 is 4.74 Å². The predicted molar refractivity (Wildman–Crippen MR) is 65.2 cm³/mol. The van der Waals surface area contributed by atoms with Crippen molar-refractivity contribution in [3.63, 3.8) is 0 Å². The fourth-order valence-electron chi connectivity index (χ4n) is 2.26. The topological polar surface area (TPSA) is 21.3 Å². The summed E-state index contributed by atoms with van der Waals surface area (Å²) in [4.78, 5) is 0. The average Bonchev–Trinajstić information content (AvgIpc) is 2.20. The molecule has 1 atom stereocenters. The van der Waals surface area contributed by atoms with Gasteiger partial charge in [-0.05, 0) is 32.6 Å². The van der Waals surface area contributed by atoms with E-state index in [-0.39, 0.29) is 0 Å². The van der Waals surface area contributed by atoms with Crippen molar-refractivity contribution in [2.45, 2.75) is 77.5 Å². The van der Waals surface area contributed by atoms with Gasteiger partial charge in [-0.3, -0.25) is 0 Å². The number of hydrogen-bond acceptors (Lipinski definition) is 2. The van der Waals surface area contributed by atoms with Gasteiger partial charge in [-0.25, -0.2) is 0 Å². The standard InChI is InChI=1S/C13H27NO/c1-4-7-8-11(5-2)14-12-9-13(10-12)15-6-3/h11-14H,4-10H2,1-3H3. The molecule has 90 valence electrons. The van der Waals surface area contributed by atoms with E-state index >= 15 is 0 Å². The molecule has 1 rings (SSSR count). The van der Waals surface area contributed by atoms with E-state index in [2.05, 4.69) is 26.1 Å². The van der Waals surface area contributed by atoms with Gasteiger partial charge in [0.25, 0.3) is 0 Å². The van der Waals surface area contributed by atoms with Crippen molar-refractivity contribution >= 4 is 0 Å². The van der Waals surface area contributed by atoms with Gasteiger partial charge in [0.15, 0.2) is 0 Å². The Morgan fingerprint density at radius 3 is 2.53 bits per heavy atom. The van der Waals surface area contributed by atoms with Gasteiger partial charge in [-0.15, -0.1) is 0 Å². The van der Waals surface area contributed by atoms with Crippen LogP contribution < -0.4 is 5.32 Å². The van der Waals surface area contributed by atoms with Crippen LogP contribution >= 0.6 is 0 Å². The Morgan fingerprint density at radius 2 is 2.00 bits per heavy atom. The Kier molecular flexibility index (Phi) is 6.26. The van der Waals surface area contributed by atoms with Gasteiger partial charge in [-0.1, -0.05) is 26.7 Å². The van der Waals surface area contributed by atoms with Crippen LogP contribution in [0.25, 0.3) is 0 Å². The van der Waals surface area contributed by atoms with E-state index in [1.165, 1.54) is 38.5 Å². The molecule has 1 fully saturated rings. The first-order chi connectivity index (χ1) is 7.30. The first kappa shape index (κ1) is 13.0. The molecule has 2 heteroatoms. The molecule has 0 heterocycles. The highest BCUT2D eigenvalue weighted by Gasteiger charge is 2.30. The molecule has 1 N–H and O–H groups in total. The molecule has 0 aromatic rings. The van der Waals surface area contributed by atoms with Crippen LogP contribution in [0.2, 0.25) is 0 Å². The molecule has 0 aromatic heterocycles. The van der Waals surface area contributed by atoms with E-state index in [9.17, 15) is 0 Å². The lowest BCUT2D eigenvalue weighted by Gasteiger charge is -2.38. The maximum Gasteiger partial charge on any atom is 0.0604 e. The number of ether oxygens (including phenoxy) is 1. The minimum Gasteiger partial charge on any atom is -0.378 e. The number of nitrogens with one attached hydrogen (secondary N) is 1. The van der Waals surface area contributed by atoms with Gasteiger partial charge in [0, 0.05) is 18.7 Å². The first-order valence-corrected chi connectivity index (χ1v) is 6.67. The van der Waals surface area contributed by atoms with Crippen molar-refractivity contribution in [3.8, 4) is 0 Å². The van der Waals surface area contributed by atoms with E-state index in [1.807, 2.05) is 0 Å². The maximum absolute atomic E-state index is 5.56. The SMILES string of the molecule is CCCCC(CC)NC1CC(OCC)C1. The van der Waals surface area contributed by atoms with Crippen molar-refractivity contribution in [1.29, 1.82) is 0 Å². The second-order valence-electron chi connectivity index (χ2n) is 4.66. The largest absolute Gasteiger partial charge is 0.378 e. The normalized spacial score (nSPS) is 27.4. The van der Waals surface area contributed by atoms with E-state index in [4.69, 9.17) is 4.74 Å². The molecule has 15 heavy (non-hydrogen) atoms. The number of unbranched alkanes of at least 4 members (excludes halogenated alkanes) is 1. The zero-order valence-electron chi connectivity index (χ0n) is 10.6. The van der Waals surface area contributed by atoms with E-state index in [0.29, 0.717) is 6.10 Å². The molecule has 1 aliphatic carbocycles. The Hall–Kier alpha value is -0.0800. The molecular formula is C13H27NO. The summed E-state index contributed by atoms with van der Waals surface area (Å²) < 4.78 is 5.56. The van der Waals surface area contributed by atoms with Gasteiger partial charge in [0.1, 0.15) is 0 Å². The second kappa shape index (κ2) is 7.24. The maximum atomic E-state index is 5.56. The molecule has 0 radical (unpaired) electrons. The fraction of sp³-hybridized carbons (Fsp3) is 1.00. The third-order valence-corrected chi connectivity index (χ3v) is 3.37. The summed E-state index contributed by atoms with van der Waals surface area (Å²) in [6.07, 6.45) is 8.24. The minimum absolute atomic E-state index is 0.538. The first-order valence-electron chi connectivity index (χ1n) is 6.67. The van der Waals surface area contributed by atoms with Crippen LogP contribution in [0.15, 0.2) is 0 Å². The third kappa shape index (κ3) is 4.52. The molecular weight excluding hydrogens is 186 g/mol. The number of hydrogen-bond donors (Lipinski definition) is 1. The van der Waals surface area contributed by atoms with Crippen LogP contribution in [-0.2, 0) is 4.74 Å². The summed E-state index contributed by atoms with van der Waals surface area (Å²) in [6.45, 7) is 7.49. The zero-order valence-corrected chi connectivity index (χ0v) is 10.6. The van der Waals surface area contributed by atoms with Gasteiger partial charge >= 0.3 is 0 Å². The van der Waals surface area contributed by atoms with E-state index in [0.717, 1.165) is 18.7 Å². The smallest absolute Gasteiger partial charge is 0.0604 e. The highest BCUT2D eigenvalue weighted by atomic mass is 16.5.